The topological polar surface area (TPSA) is 69.7 Å². The molecule has 2 aromatic rings. The zero-order chi connectivity index (χ0) is 22.5. The molecule has 10 heteroatoms. The summed E-state index contributed by atoms with van der Waals surface area (Å²) in [7, 11) is 3.46. The van der Waals surface area contributed by atoms with Gasteiger partial charge < -0.3 is 20.4 Å². The molecule has 0 saturated carbocycles. The lowest BCUT2D eigenvalue weighted by molar-refractivity contribution is -0.164. The summed E-state index contributed by atoms with van der Waals surface area (Å²) < 4.78 is 44.6. The molecule has 31 heavy (non-hydrogen) atoms. The normalized spacial score (nSPS) is 18.6. The van der Waals surface area contributed by atoms with Crippen molar-refractivity contribution in [1.82, 2.24) is 15.4 Å². The fraction of sp³-hybridized carbons (Fsp3) is 0.333. The van der Waals surface area contributed by atoms with E-state index in [9.17, 15) is 18.0 Å². The molecule has 0 bridgehead atoms. The number of nitrogens with zero attached hydrogens (tertiary/aromatic N) is 3. The van der Waals surface area contributed by atoms with Gasteiger partial charge in [0.05, 0.1) is 18.5 Å². The molecule has 0 fully saturated rings. The Balaban J connectivity index is 1.86. The standard InChI is InChI=1S/C21H24F3N5O2/c1-28(12-13-31-2)18-9-8-17(14-25-18)27-19(30)20(16-6-4-3-5-7-16)10-11-26-29(20)15-21(22,23)24/h3-11,14,26H,12-13,15H2,1-2H3,(H,27,30). The number of amides is 1. The number of carbonyl (C=O) groups is 1. The number of pyridine rings is 1. The van der Waals surface area contributed by atoms with E-state index >= 15 is 0 Å². The van der Waals surface area contributed by atoms with Crippen molar-refractivity contribution in [2.75, 3.05) is 44.1 Å². The van der Waals surface area contributed by atoms with Gasteiger partial charge in [-0.3, -0.25) is 4.79 Å². The highest BCUT2D eigenvalue weighted by molar-refractivity contribution is 6.00. The Morgan fingerprint density at radius 1 is 1.26 bits per heavy atom. The van der Waals surface area contributed by atoms with E-state index in [-0.39, 0.29) is 0 Å². The van der Waals surface area contributed by atoms with Crippen LogP contribution < -0.4 is 15.6 Å². The maximum absolute atomic E-state index is 13.3. The summed E-state index contributed by atoms with van der Waals surface area (Å²) in [5, 5.41) is 3.58. The van der Waals surface area contributed by atoms with Gasteiger partial charge in [0, 0.05) is 26.9 Å². The van der Waals surface area contributed by atoms with E-state index in [1.165, 1.54) is 18.5 Å². The van der Waals surface area contributed by atoms with Gasteiger partial charge in [-0.2, -0.15) is 18.2 Å². The highest BCUT2D eigenvalue weighted by atomic mass is 19.4. The third kappa shape index (κ3) is 5.15. The highest BCUT2D eigenvalue weighted by Crippen LogP contribution is 2.36. The van der Waals surface area contributed by atoms with Crippen molar-refractivity contribution in [2.45, 2.75) is 11.7 Å². The molecule has 1 atom stereocenters. The van der Waals surface area contributed by atoms with Crippen molar-refractivity contribution in [1.29, 1.82) is 0 Å². The van der Waals surface area contributed by atoms with E-state index in [2.05, 4.69) is 15.7 Å². The second kappa shape index (κ2) is 9.36. The number of rotatable bonds is 8. The third-order valence-corrected chi connectivity index (χ3v) is 4.91. The predicted molar refractivity (Wildman–Crippen MR) is 111 cm³/mol. The van der Waals surface area contributed by atoms with Crippen LogP contribution in [0.1, 0.15) is 5.56 Å². The van der Waals surface area contributed by atoms with E-state index in [1.54, 1.807) is 49.6 Å². The van der Waals surface area contributed by atoms with Crippen LogP contribution in [0.3, 0.4) is 0 Å². The first-order chi connectivity index (χ1) is 14.8. The molecule has 1 aliphatic heterocycles. The number of benzene rings is 1. The Bertz CT molecular complexity index is 905. The first kappa shape index (κ1) is 22.6. The van der Waals surface area contributed by atoms with Crippen LogP contribution in [0, 0.1) is 0 Å². The minimum Gasteiger partial charge on any atom is -0.383 e. The molecule has 0 aliphatic carbocycles. The fourth-order valence-corrected chi connectivity index (χ4v) is 3.32. The molecule has 1 amide bonds. The molecule has 3 rings (SSSR count). The van der Waals surface area contributed by atoms with Gasteiger partial charge in [0.15, 0.2) is 5.54 Å². The monoisotopic (exact) mass is 435 g/mol. The number of halogens is 3. The first-order valence-electron chi connectivity index (χ1n) is 9.57. The predicted octanol–water partition coefficient (Wildman–Crippen LogP) is 2.89. The van der Waals surface area contributed by atoms with Gasteiger partial charge in [0.25, 0.3) is 5.91 Å². The molecule has 1 unspecified atom stereocenters. The van der Waals surface area contributed by atoms with Crippen molar-refractivity contribution >= 4 is 17.4 Å². The fourth-order valence-electron chi connectivity index (χ4n) is 3.32. The maximum Gasteiger partial charge on any atom is 0.403 e. The Morgan fingerprint density at radius 2 is 2.00 bits per heavy atom. The second-order valence-electron chi connectivity index (χ2n) is 7.07. The van der Waals surface area contributed by atoms with Crippen molar-refractivity contribution in [2.24, 2.45) is 0 Å². The Morgan fingerprint density at radius 3 is 2.61 bits per heavy atom. The SMILES string of the molecule is COCCN(C)c1ccc(NC(=O)C2(c3ccccc3)C=CNN2CC(F)(F)F)cn1. The minimum atomic E-state index is -4.50. The lowest BCUT2D eigenvalue weighted by atomic mass is 9.88. The molecule has 2 heterocycles. The number of alkyl halides is 3. The quantitative estimate of drug-likeness (QED) is 0.665. The van der Waals surface area contributed by atoms with E-state index < -0.39 is 24.2 Å². The van der Waals surface area contributed by atoms with Gasteiger partial charge in [-0.15, -0.1) is 0 Å². The van der Waals surface area contributed by atoms with E-state index in [0.29, 0.717) is 30.2 Å². The lowest BCUT2D eigenvalue weighted by Gasteiger charge is -2.36. The van der Waals surface area contributed by atoms with Crippen LogP contribution >= 0.6 is 0 Å². The summed E-state index contributed by atoms with van der Waals surface area (Å²) in [4.78, 5) is 19.5. The molecule has 0 radical (unpaired) electrons. The van der Waals surface area contributed by atoms with Crippen molar-refractivity contribution in [3.63, 3.8) is 0 Å². The number of hydrogen-bond acceptors (Lipinski definition) is 6. The summed E-state index contributed by atoms with van der Waals surface area (Å²) in [5.74, 6) is 0.0421. The Labute approximate surface area is 178 Å². The van der Waals surface area contributed by atoms with Crippen LogP contribution in [0.2, 0.25) is 0 Å². The van der Waals surface area contributed by atoms with Gasteiger partial charge in [-0.25, -0.2) is 4.98 Å². The molecule has 0 saturated heterocycles. The third-order valence-electron chi connectivity index (χ3n) is 4.91. The number of likely N-dealkylation sites (N-methyl/N-ethyl adjacent to an activating group) is 1. The summed E-state index contributed by atoms with van der Waals surface area (Å²) in [6.07, 6.45) is -0.279. The van der Waals surface area contributed by atoms with E-state index in [4.69, 9.17) is 4.74 Å². The number of nitrogens with one attached hydrogen (secondary N) is 2. The first-order valence-corrected chi connectivity index (χ1v) is 9.57. The molecular formula is C21H24F3N5O2. The highest BCUT2D eigenvalue weighted by Gasteiger charge is 2.50. The zero-order valence-electron chi connectivity index (χ0n) is 17.2. The van der Waals surface area contributed by atoms with Gasteiger partial charge >= 0.3 is 6.18 Å². The van der Waals surface area contributed by atoms with Gasteiger partial charge in [-0.05, 0) is 23.8 Å². The summed E-state index contributed by atoms with van der Waals surface area (Å²) in [6.45, 7) is -0.149. The molecule has 1 aromatic heterocycles. The van der Waals surface area contributed by atoms with E-state index in [0.717, 1.165) is 5.01 Å². The van der Waals surface area contributed by atoms with Crippen LogP contribution in [0.5, 0.6) is 0 Å². The molecule has 1 aromatic carbocycles. The number of hydrazine groups is 1. The average molecular weight is 435 g/mol. The molecule has 0 spiro atoms. The van der Waals surface area contributed by atoms with Crippen LogP contribution in [0.25, 0.3) is 0 Å². The molecular weight excluding hydrogens is 411 g/mol. The minimum absolute atomic E-state index is 0.372. The van der Waals surface area contributed by atoms with Gasteiger partial charge in [0.2, 0.25) is 0 Å². The summed E-state index contributed by atoms with van der Waals surface area (Å²) >= 11 is 0. The number of methoxy groups -OCH3 is 1. The number of hydrogen-bond donors (Lipinski definition) is 2. The van der Waals surface area contributed by atoms with Crippen molar-refractivity contribution < 1.29 is 22.7 Å². The molecule has 1 aliphatic rings. The smallest absolute Gasteiger partial charge is 0.383 e. The second-order valence-corrected chi connectivity index (χ2v) is 7.07. The van der Waals surface area contributed by atoms with Crippen LogP contribution in [-0.2, 0) is 15.1 Å². The van der Waals surface area contributed by atoms with Gasteiger partial charge in [0.1, 0.15) is 12.4 Å². The number of ether oxygens (including phenoxy) is 1. The van der Waals surface area contributed by atoms with E-state index in [1.807, 2.05) is 11.9 Å². The summed E-state index contributed by atoms with van der Waals surface area (Å²) in [6, 6.07) is 11.7. The Hall–Kier alpha value is -3.11. The number of aromatic nitrogens is 1. The van der Waals surface area contributed by atoms with Crippen LogP contribution in [0.4, 0.5) is 24.7 Å². The van der Waals surface area contributed by atoms with Gasteiger partial charge in [-0.1, -0.05) is 30.3 Å². The zero-order valence-corrected chi connectivity index (χ0v) is 17.2. The maximum atomic E-state index is 13.3. The number of carbonyl (C=O) groups excluding carboxylic acids is 1. The molecule has 2 N–H and O–H groups in total. The van der Waals surface area contributed by atoms with Crippen LogP contribution in [-0.4, -0.2) is 55.9 Å². The number of anilines is 2. The lowest BCUT2D eigenvalue weighted by Crippen LogP contribution is -2.56. The van der Waals surface area contributed by atoms with Crippen LogP contribution in [0.15, 0.2) is 60.9 Å². The molecule has 166 valence electrons. The Kier molecular flexibility index (Phi) is 6.81. The van der Waals surface area contributed by atoms with Crippen molar-refractivity contribution in [3.05, 3.63) is 66.5 Å². The molecule has 7 nitrogen and oxygen atoms in total. The summed E-state index contributed by atoms with van der Waals surface area (Å²) in [5.41, 5.74) is 1.65. The largest absolute Gasteiger partial charge is 0.403 e. The van der Waals surface area contributed by atoms with Crippen molar-refractivity contribution in [3.8, 4) is 0 Å². The average Bonchev–Trinajstić information content (AvgIpc) is 3.16.